The van der Waals surface area contributed by atoms with E-state index < -0.39 is 11.8 Å². The molecule has 0 spiro atoms. The van der Waals surface area contributed by atoms with Crippen LogP contribution in [0.2, 0.25) is 0 Å². The predicted molar refractivity (Wildman–Crippen MR) is 85.6 cm³/mol. The number of benzene rings is 1. The Balaban J connectivity index is 1.93. The van der Waals surface area contributed by atoms with Gasteiger partial charge in [-0.1, -0.05) is 32.0 Å². The largest absolute Gasteiger partial charge is 0.393 e. The highest BCUT2D eigenvalue weighted by molar-refractivity contribution is 6.39. The number of carbonyl (C=O) groups is 2. The van der Waals surface area contributed by atoms with Crippen LogP contribution in [0.1, 0.15) is 51.0 Å². The Morgan fingerprint density at radius 3 is 2.36 bits per heavy atom. The van der Waals surface area contributed by atoms with Crippen LogP contribution < -0.4 is 10.6 Å². The molecule has 0 heterocycles. The SMILES string of the molecule is CC(C)c1ccccc1NC(=O)C(=O)NC1CCC(O)CC1. The van der Waals surface area contributed by atoms with Gasteiger partial charge < -0.3 is 15.7 Å². The lowest BCUT2D eigenvalue weighted by atomic mass is 9.93. The van der Waals surface area contributed by atoms with Crippen molar-refractivity contribution in [1.29, 1.82) is 0 Å². The van der Waals surface area contributed by atoms with Gasteiger partial charge in [-0.25, -0.2) is 0 Å². The van der Waals surface area contributed by atoms with E-state index in [2.05, 4.69) is 10.6 Å². The molecule has 1 saturated carbocycles. The van der Waals surface area contributed by atoms with Gasteiger partial charge in [0.15, 0.2) is 0 Å². The first-order valence-corrected chi connectivity index (χ1v) is 7.86. The van der Waals surface area contributed by atoms with Crippen molar-refractivity contribution in [3.05, 3.63) is 29.8 Å². The number of aliphatic hydroxyl groups excluding tert-OH is 1. The van der Waals surface area contributed by atoms with Crippen LogP contribution in [0.25, 0.3) is 0 Å². The van der Waals surface area contributed by atoms with Crippen LogP contribution in [0.5, 0.6) is 0 Å². The smallest absolute Gasteiger partial charge is 0.313 e. The lowest BCUT2D eigenvalue weighted by molar-refractivity contribution is -0.136. The number of amides is 2. The Morgan fingerprint density at radius 2 is 1.73 bits per heavy atom. The highest BCUT2D eigenvalue weighted by Crippen LogP contribution is 2.23. The Kier molecular flexibility index (Phi) is 5.55. The maximum absolute atomic E-state index is 12.1. The monoisotopic (exact) mass is 304 g/mol. The summed E-state index contributed by atoms with van der Waals surface area (Å²) in [6, 6.07) is 7.47. The first-order chi connectivity index (χ1) is 10.5. The summed E-state index contributed by atoms with van der Waals surface area (Å²) in [7, 11) is 0. The van der Waals surface area contributed by atoms with Crippen LogP contribution in [0.3, 0.4) is 0 Å². The van der Waals surface area contributed by atoms with Crippen molar-refractivity contribution in [2.24, 2.45) is 0 Å². The van der Waals surface area contributed by atoms with Gasteiger partial charge in [0, 0.05) is 11.7 Å². The molecule has 2 rings (SSSR count). The number of nitrogens with one attached hydrogen (secondary N) is 2. The molecule has 0 aromatic heterocycles. The molecular formula is C17H24N2O3. The van der Waals surface area contributed by atoms with E-state index in [0.29, 0.717) is 31.4 Å². The van der Waals surface area contributed by atoms with E-state index in [1.54, 1.807) is 6.07 Å². The van der Waals surface area contributed by atoms with E-state index in [1.807, 2.05) is 32.0 Å². The molecule has 2 amide bonds. The maximum atomic E-state index is 12.1. The molecule has 22 heavy (non-hydrogen) atoms. The topological polar surface area (TPSA) is 78.4 Å². The third kappa shape index (κ3) is 4.31. The Bertz CT molecular complexity index is 534. The number of para-hydroxylation sites is 1. The molecule has 5 nitrogen and oxygen atoms in total. The van der Waals surface area contributed by atoms with Crippen molar-refractivity contribution in [2.75, 3.05) is 5.32 Å². The second-order valence-corrected chi connectivity index (χ2v) is 6.17. The average molecular weight is 304 g/mol. The first-order valence-electron chi connectivity index (χ1n) is 7.86. The summed E-state index contributed by atoms with van der Waals surface area (Å²) in [5.41, 5.74) is 1.68. The zero-order valence-corrected chi connectivity index (χ0v) is 13.1. The zero-order valence-electron chi connectivity index (χ0n) is 13.1. The molecule has 0 saturated heterocycles. The molecule has 3 N–H and O–H groups in total. The fourth-order valence-corrected chi connectivity index (χ4v) is 2.76. The second kappa shape index (κ2) is 7.40. The van der Waals surface area contributed by atoms with Crippen LogP contribution in [-0.2, 0) is 9.59 Å². The summed E-state index contributed by atoms with van der Waals surface area (Å²) in [4.78, 5) is 24.0. The zero-order chi connectivity index (χ0) is 16.1. The van der Waals surface area contributed by atoms with Gasteiger partial charge in [-0.05, 0) is 43.2 Å². The van der Waals surface area contributed by atoms with Gasteiger partial charge in [0.2, 0.25) is 0 Å². The van der Waals surface area contributed by atoms with Crippen molar-refractivity contribution in [3.63, 3.8) is 0 Å². The molecule has 0 atom stereocenters. The van der Waals surface area contributed by atoms with E-state index in [1.165, 1.54) is 0 Å². The molecule has 1 fully saturated rings. The molecule has 1 aliphatic rings. The van der Waals surface area contributed by atoms with Crippen LogP contribution >= 0.6 is 0 Å². The third-order valence-electron chi connectivity index (χ3n) is 4.07. The molecule has 1 aliphatic carbocycles. The number of aliphatic hydroxyl groups is 1. The van der Waals surface area contributed by atoms with Gasteiger partial charge in [-0.2, -0.15) is 0 Å². The van der Waals surface area contributed by atoms with Crippen LogP contribution in [0, 0.1) is 0 Å². The van der Waals surface area contributed by atoms with Gasteiger partial charge in [0.1, 0.15) is 0 Å². The summed E-state index contributed by atoms with van der Waals surface area (Å²) in [6.45, 7) is 4.08. The van der Waals surface area contributed by atoms with E-state index in [9.17, 15) is 14.7 Å². The van der Waals surface area contributed by atoms with Crippen molar-refractivity contribution < 1.29 is 14.7 Å². The maximum Gasteiger partial charge on any atom is 0.313 e. The van der Waals surface area contributed by atoms with Crippen molar-refractivity contribution in [1.82, 2.24) is 5.32 Å². The van der Waals surface area contributed by atoms with Gasteiger partial charge >= 0.3 is 11.8 Å². The molecule has 120 valence electrons. The number of hydrogen-bond donors (Lipinski definition) is 3. The molecular weight excluding hydrogens is 280 g/mol. The van der Waals surface area contributed by atoms with Crippen LogP contribution in [0.15, 0.2) is 24.3 Å². The molecule has 0 unspecified atom stereocenters. The van der Waals surface area contributed by atoms with E-state index >= 15 is 0 Å². The summed E-state index contributed by atoms with van der Waals surface area (Å²) in [6.07, 6.45) is 2.48. The molecule has 0 bridgehead atoms. The highest BCUT2D eigenvalue weighted by Gasteiger charge is 2.24. The molecule has 1 aromatic rings. The number of rotatable bonds is 3. The average Bonchev–Trinajstić information content (AvgIpc) is 2.49. The van der Waals surface area contributed by atoms with Crippen LogP contribution in [0.4, 0.5) is 5.69 Å². The van der Waals surface area contributed by atoms with Crippen molar-refractivity contribution >= 4 is 17.5 Å². The summed E-state index contributed by atoms with van der Waals surface area (Å²) >= 11 is 0. The first kappa shape index (κ1) is 16.5. The number of carbonyl (C=O) groups excluding carboxylic acids is 2. The van der Waals surface area contributed by atoms with E-state index in [4.69, 9.17) is 0 Å². The second-order valence-electron chi connectivity index (χ2n) is 6.17. The fraction of sp³-hybridized carbons (Fsp3) is 0.529. The molecule has 5 heteroatoms. The lowest BCUT2D eigenvalue weighted by Gasteiger charge is -2.25. The van der Waals surface area contributed by atoms with E-state index in [0.717, 1.165) is 5.56 Å². The minimum atomic E-state index is -0.640. The normalized spacial score (nSPS) is 21.5. The summed E-state index contributed by atoms with van der Waals surface area (Å²) in [5.74, 6) is -0.987. The van der Waals surface area contributed by atoms with Crippen molar-refractivity contribution in [3.8, 4) is 0 Å². The molecule has 0 radical (unpaired) electrons. The Labute approximate surface area is 131 Å². The lowest BCUT2D eigenvalue weighted by Crippen LogP contribution is -2.44. The van der Waals surface area contributed by atoms with Gasteiger partial charge in [-0.15, -0.1) is 0 Å². The Morgan fingerprint density at radius 1 is 1.09 bits per heavy atom. The number of hydrogen-bond acceptors (Lipinski definition) is 3. The van der Waals surface area contributed by atoms with Crippen LogP contribution in [-0.4, -0.2) is 29.1 Å². The summed E-state index contributed by atoms with van der Waals surface area (Å²) in [5, 5.41) is 14.9. The minimum absolute atomic E-state index is 0.0259. The molecule has 0 aliphatic heterocycles. The highest BCUT2D eigenvalue weighted by atomic mass is 16.3. The minimum Gasteiger partial charge on any atom is -0.393 e. The Hall–Kier alpha value is -1.88. The van der Waals surface area contributed by atoms with Gasteiger partial charge in [0.25, 0.3) is 0 Å². The standard InChI is InChI=1S/C17H24N2O3/c1-11(2)14-5-3-4-6-15(14)19-17(22)16(21)18-12-7-9-13(20)10-8-12/h3-6,11-13,20H,7-10H2,1-2H3,(H,18,21)(H,19,22). The van der Waals surface area contributed by atoms with Gasteiger partial charge in [-0.3, -0.25) is 9.59 Å². The third-order valence-corrected chi connectivity index (χ3v) is 4.07. The quantitative estimate of drug-likeness (QED) is 0.749. The van der Waals surface area contributed by atoms with Crippen molar-refractivity contribution in [2.45, 2.75) is 57.6 Å². The van der Waals surface area contributed by atoms with Gasteiger partial charge in [0.05, 0.1) is 6.10 Å². The predicted octanol–water partition coefficient (Wildman–Crippen LogP) is 2.17. The number of anilines is 1. The fourth-order valence-electron chi connectivity index (χ4n) is 2.76. The van der Waals surface area contributed by atoms with E-state index in [-0.39, 0.29) is 18.1 Å². The molecule has 1 aromatic carbocycles. The summed E-state index contributed by atoms with van der Waals surface area (Å²) < 4.78 is 0.